The first-order valence-electron chi connectivity index (χ1n) is 9.08. The quantitative estimate of drug-likeness (QED) is 0.319. The normalized spacial score (nSPS) is 11.8. The standard InChI is InChI=1S/C22H16F3N5.Pt/c1-21(2,17-11-6-10-16(27-17)15-8-4-3-5-9-15)20-26-14-30(29-20)19-13-7-12-18(28-19)22(23,24)25;/h3-8,10-12,14H,1-2H3;/q-2;+2. The molecule has 0 atom stereocenters. The van der Waals surface area contributed by atoms with Gasteiger partial charge in [0.25, 0.3) is 0 Å². The number of alkyl halides is 3. The Labute approximate surface area is 191 Å². The van der Waals surface area contributed by atoms with Gasteiger partial charge in [-0.1, -0.05) is 12.1 Å². The summed E-state index contributed by atoms with van der Waals surface area (Å²) in [6.45, 7) is 3.80. The van der Waals surface area contributed by atoms with Crippen molar-refractivity contribution in [1.29, 1.82) is 0 Å². The Hall–Kier alpha value is -2.86. The Morgan fingerprint density at radius 3 is 2.39 bits per heavy atom. The summed E-state index contributed by atoms with van der Waals surface area (Å²) in [7, 11) is 0. The molecule has 0 fully saturated rings. The van der Waals surface area contributed by atoms with Crippen LogP contribution in [0, 0.1) is 12.1 Å². The molecule has 0 aliphatic rings. The molecule has 0 N–H and O–H groups in total. The number of aromatic nitrogens is 5. The Balaban J connectivity index is 0.00000272. The maximum Gasteiger partial charge on any atom is 2.00 e. The number of pyridine rings is 2. The van der Waals surface area contributed by atoms with Crippen LogP contribution in [0.2, 0.25) is 0 Å². The molecule has 31 heavy (non-hydrogen) atoms. The van der Waals surface area contributed by atoms with Gasteiger partial charge in [0.05, 0.1) is 16.9 Å². The first-order valence-corrected chi connectivity index (χ1v) is 9.08. The number of nitrogens with zero attached hydrogens (tertiary/aromatic N) is 5. The summed E-state index contributed by atoms with van der Waals surface area (Å²) in [4.78, 5) is 12.6. The molecular formula is C22H16F3N5Pt. The number of hydrogen-bond donors (Lipinski definition) is 0. The average molecular weight is 602 g/mol. The molecule has 0 bridgehead atoms. The predicted octanol–water partition coefficient (Wildman–Crippen LogP) is 4.67. The van der Waals surface area contributed by atoms with Gasteiger partial charge in [-0.3, -0.25) is 4.98 Å². The molecule has 0 saturated heterocycles. The average Bonchev–Trinajstić information content (AvgIpc) is 3.25. The SMILES string of the molecule is CC(C)(c1cccc(-c2[c-]cccc2)n1)c1ncn(-c2[c-]ccc(C(F)(F)F)n2)n1.[Pt+2]. The molecule has 5 nitrogen and oxygen atoms in total. The zero-order chi connectivity index (χ0) is 21.4. The third-order valence-corrected chi connectivity index (χ3v) is 4.61. The van der Waals surface area contributed by atoms with Crippen LogP contribution in [0.4, 0.5) is 13.2 Å². The molecular weight excluding hydrogens is 586 g/mol. The van der Waals surface area contributed by atoms with E-state index in [2.05, 4.69) is 27.2 Å². The monoisotopic (exact) mass is 602 g/mol. The Morgan fingerprint density at radius 1 is 0.871 bits per heavy atom. The second-order valence-corrected chi connectivity index (χ2v) is 7.12. The van der Waals surface area contributed by atoms with Crippen LogP contribution in [-0.2, 0) is 32.7 Å². The smallest absolute Gasteiger partial charge is 0.300 e. The third-order valence-electron chi connectivity index (χ3n) is 4.61. The molecule has 0 aliphatic carbocycles. The van der Waals surface area contributed by atoms with Gasteiger partial charge >= 0.3 is 27.2 Å². The molecule has 160 valence electrons. The topological polar surface area (TPSA) is 56.5 Å². The van der Waals surface area contributed by atoms with Crippen molar-refractivity contribution in [1.82, 2.24) is 24.7 Å². The molecule has 0 unspecified atom stereocenters. The second kappa shape index (κ2) is 8.71. The van der Waals surface area contributed by atoms with Gasteiger partial charge < -0.3 is 4.98 Å². The molecule has 9 heteroatoms. The van der Waals surface area contributed by atoms with Crippen molar-refractivity contribution in [3.63, 3.8) is 0 Å². The molecule has 0 aliphatic heterocycles. The van der Waals surface area contributed by atoms with Crippen molar-refractivity contribution in [3.05, 3.63) is 90.3 Å². The van der Waals surface area contributed by atoms with Crippen LogP contribution < -0.4 is 0 Å². The van der Waals surface area contributed by atoms with Crippen LogP contribution in [0.25, 0.3) is 17.1 Å². The van der Waals surface area contributed by atoms with Crippen LogP contribution in [0.3, 0.4) is 0 Å². The van der Waals surface area contributed by atoms with E-state index in [0.29, 0.717) is 5.82 Å². The summed E-state index contributed by atoms with van der Waals surface area (Å²) in [5.74, 6) is 0.316. The zero-order valence-corrected chi connectivity index (χ0v) is 18.7. The fourth-order valence-corrected chi connectivity index (χ4v) is 2.91. The van der Waals surface area contributed by atoms with Crippen molar-refractivity contribution < 1.29 is 34.2 Å². The van der Waals surface area contributed by atoms with Gasteiger partial charge in [-0.2, -0.15) is 24.3 Å². The van der Waals surface area contributed by atoms with Gasteiger partial charge in [-0.05, 0) is 25.6 Å². The maximum absolute atomic E-state index is 12.9. The Morgan fingerprint density at radius 2 is 1.68 bits per heavy atom. The molecule has 3 aromatic heterocycles. The van der Waals surface area contributed by atoms with Crippen LogP contribution >= 0.6 is 0 Å². The van der Waals surface area contributed by atoms with Gasteiger partial charge in [0.15, 0.2) is 5.82 Å². The number of benzene rings is 1. The van der Waals surface area contributed by atoms with Gasteiger partial charge in [-0.15, -0.1) is 35.9 Å². The summed E-state index contributed by atoms with van der Waals surface area (Å²) in [5, 5.41) is 4.35. The van der Waals surface area contributed by atoms with E-state index < -0.39 is 17.3 Å². The van der Waals surface area contributed by atoms with E-state index >= 15 is 0 Å². The largest absolute Gasteiger partial charge is 2.00 e. The molecule has 0 amide bonds. The van der Waals surface area contributed by atoms with Crippen molar-refractivity contribution in [2.45, 2.75) is 25.4 Å². The van der Waals surface area contributed by atoms with E-state index in [0.717, 1.165) is 23.0 Å². The maximum atomic E-state index is 12.9. The molecule has 0 radical (unpaired) electrons. The molecule has 4 rings (SSSR count). The van der Waals surface area contributed by atoms with Gasteiger partial charge in [0.2, 0.25) is 0 Å². The summed E-state index contributed by atoms with van der Waals surface area (Å²) in [5.41, 5.74) is 0.624. The molecule has 4 aromatic rings. The summed E-state index contributed by atoms with van der Waals surface area (Å²) < 4.78 is 40.0. The minimum Gasteiger partial charge on any atom is -0.300 e. The third kappa shape index (κ3) is 4.74. The fraction of sp³-hybridized carbons (Fsp3) is 0.182. The van der Waals surface area contributed by atoms with Crippen LogP contribution in [-0.4, -0.2) is 24.7 Å². The number of rotatable bonds is 4. The summed E-state index contributed by atoms with van der Waals surface area (Å²) in [6.07, 6.45) is -3.23. The van der Waals surface area contributed by atoms with Crippen LogP contribution in [0.5, 0.6) is 0 Å². The van der Waals surface area contributed by atoms with Crippen LogP contribution in [0.1, 0.15) is 31.1 Å². The van der Waals surface area contributed by atoms with Gasteiger partial charge in [0.1, 0.15) is 6.33 Å². The Kier molecular flexibility index (Phi) is 6.41. The second-order valence-electron chi connectivity index (χ2n) is 7.12. The van der Waals surface area contributed by atoms with E-state index in [1.807, 2.05) is 56.3 Å². The summed E-state index contributed by atoms with van der Waals surface area (Å²) >= 11 is 0. The molecule has 3 heterocycles. The predicted molar refractivity (Wildman–Crippen MR) is 104 cm³/mol. The minimum atomic E-state index is -4.55. The minimum absolute atomic E-state index is 0. The molecule has 1 aromatic carbocycles. The molecule has 0 spiro atoms. The summed E-state index contributed by atoms with van der Waals surface area (Å²) in [6, 6.07) is 21.0. The molecule has 0 saturated carbocycles. The van der Waals surface area contributed by atoms with Crippen molar-refractivity contribution in [2.24, 2.45) is 0 Å². The number of hydrogen-bond acceptors (Lipinski definition) is 4. The van der Waals surface area contributed by atoms with E-state index in [1.165, 1.54) is 17.1 Å². The van der Waals surface area contributed by atoms with Crippen LogP contribution in [0.15, 0.2) is 60.9 Å². The van der Waals surface area contributed by atoms with E-state index in [9.17, 15) is 13.2 Å². The number of halogens is 3. The Bertz CT molecular complexity index is 1170. The van der Waals surface area contributed by atoms with Crippen molar-refractivity contribution in [2.75, 3.05) is 0 Å². The van der Waals surface area contributed by atoms with E-state index in [4.69, 9.17) is 4.98 Å². The van der Waals surface area contributed by atoms with Crippen molar-refractivity contribution in [3.8, 4) is 17.1 Å². The first-order chi connectivity index (χ1) is 14.2. The van der Waals surface area contributed by atoms with Gasteiger partial charge in [0, 0.05) is 5.69 Å². The first kappa shape index (κ1) is 22.8. The van der Waals surface area contributed by atoms with E-state index in [1.54, 1.807) is 0 Å². The van der Waals surface area contributed by atoms with Gasteiger partial charge in [-0.25, -0.2) is 21.8 Å². The van der Waals surface area contributed by atoms with E-state index in [-0.39, 0.29) is 26.9 Å². The zero-order valence-electron chi connectivity index (χ0n) is 16.5. The van der Waals surface area contributed by atoms with Crippen molar-refractivity contribution >= 4 is 0 Å². The fourth-order valence-electron chi connectivity index (χ4n) is 2.91.